The molecule has 0 atom stereocenters. The lowest BCUT2D eigenvalue weighted by Crippen LogP contribution is -2.54. The van der Waals surface area contributed by atoms with Crippen molar-refractivity contribution in [3.8, 4) is 11.5 Å². The largest absolute Gasteiger partial charge is 0.493 e. The third kappa shape index (κ3) is 5.05. The maximum atomic E-state index is 14.3. The summed E-state index contributed by atoms with van der Waals surface area (Å²) in [6, 6.07) is 16.3. The minimum Gasteiger partial charge on any atom is -0.493 e. The number of ether oxygens (including phenoxy) is 2. The zero-order valence-corrected chi connectivity index (χ0v) is 19.6. The van der Waals surface area contributed by atoms with Gasteiger partial charge in [0.25, 0.3) is 17.5 Å². The van der Waals surface area contributed by atoms with Crippen LogP contribution in [0.1, 0.15) is 11.1 Å². The number of rotatable bonds is 7. The van der Waals surface area contributed by atoms with Gasteiger partial charge < -0.3 is 9.47 Å². The molecular weight excluding hydrogens is 489 g/mol. The molecule has 3 aromatic carbocycles. The molecule has 2 amide bonds. The highest BCUT2D eigenvalue weighted by Gasteiger charge is 2.35. The fraction of sp³-hybridized carbons (Fsp3) is 0.0800. The molecule has 1 heterocycles. The molecule has 1 aliphatic heterocycles. The molecular formula is C25H18FN3O6S. The Labute approximate surface area is 209 Å². The van der Waals surface area contributed by atoms with E-state index in [0.29, 0.717) is 22.6 Å². The third-order valence-electron chi connectivity index (χ3n) is 5.24. The van der Waals surface area contributed by atoms with Gasteiger partial charge in [0.2, 0.25) is 0 Å². The van der Waals surface area contributed by atoms with E-state index in [9.17, 15) is 24.1 Å². The van der Waals surface area contributed by atoms with Gasteiger partial charge >= 0.3 is 0 Å². The van der Waals surface area contributed by atoms with Gasteiger partial charge in [0, 0.05) is 12.1 Å². The van der Waals surface area contributed by atoms with E-state index in [1.54, 1.807) is 36.4 Å². The van der Waals surface area contributed by atoms with Crippen LogP contribution < -0.4 is 19.7 Å². The van der Waals surface area contributed by atoms with Crippen LogP contribution >= 0.6 is 12.2 Å². The second kappa shape index (κ2) is 10.3. The van der Waals surface area contributed by atoms with Gasteiger partial charge in [0.05, 0.1) is 17.7 Å². The first-order valence-electron chi connectivity index (χ1n) is 10.5. The number of halogens is 1. The molecule has 0 unspecified atom stereocenters. The molecule has 1 aliphatic rings. The molecule has 4 rings (SSSR count). The molecule has 11 heteroatoms. The number of amides is 2. The number of hydrogen-bond donors (Lipinski definition) is 1. The number of para-hydroxylation sites is 1. The minimum absolute atomic E-state index is 0.0238. The molecule has 1 saturated heterocycles. The van der Waals surface area contributed by atoms with Gasteiger partial charge in [0.1, 0.15) is 18.0 Å². The molecule has 1 fully saturated rings. The fourth-order valence-electron chi connectivity index (χ4n) is 3.44. The Balaban J connectivity index is 1.57. The van der Waals surface area contributed by atoms with Crippen LogP contribution in [0.3, 0.4) is 0 Å². The molecule has 9 nitrogen and oxygen atoms in total. The molecule has 1 N–H and O–H groups in total. The first-order chi connectivity index (χ1) is 17.3. The van der Waals surface area contributed by atoms with Crippen molar-refractivity contribution in [2.75, 3.05) is 12.0 Å². The van der Waals surface area contributed by atoms with Gasteiger partial charge in [0.15, 0.2) is 16.6 Å². The summed E-state index contributed by atoms with van der Waals surface area (Å²) in [5.41, 5.74) is 0.820. The Kier molecular flexibility index (Phi) is 7.02. The number of methoxy groups -OCH3 is 1. The van der Waals surface area contributed by atoms with Crippen molar-refractivity contribution in [3.05, 3.63) is 99.4 Å². The molecule has 0 aromatic heterocycles. The zero-order valence-electron chi connectivity index (χ0n) is 18.8. The number of hydrogen-bond acceptors (Lipinski definition) is 7. The first kappa shape index (κ1) is 24.5. The van der Waals surface area contributed by atoms with Crippen LogP contribution in [0.4, 0.5) is 15.8 Å². The number of nitro groups is 1. The number of carbonyl (C=O) groups is 2. The van der Waals surface area contributed by atoms with E-state index in [1.807, 2.05) is 0 Å². The van der Waals surface area contributed by atoms with Crippen LogP contribution in [0, 0.1) is 15.9 Å². The summed E-state index contributed by atoms with van der Waals surface area (Å²) in [6.07, 6.45) is 1.34. The normalized spacial score (nSPS) is 14.6. The topological polar surface area (TPSA) is 111 Å². The van der Waals surface area contributed by atoms with Gasteiger partial charge in [-0.15, -0.1) is 0 Å². The van der Waals surface area contributed by atoms with Crippen LogP contribution in [-0.2, 0) is 16.2 Å². The van der Waals surface area contributed by atoms with Crippen molar-refractivity contribution in [2.24, 2.45) is 0 Å². The summed E-state index contributed by atoms with van der Waals surface area (Å²) >= 11 is 5.10. The van der Waals surface area contributed by atoms with Crippen LogP contribution in [-0.4, -0.2) is 29.0 Å². The molecule has 36 heavy (non-hydrogen) atoms. The SMILES string of the molecule is COc1cc(/C=C2\C(=O)NC(=S)N(c3ccccc3F)C2=O)ccc1OCc1ccc([N+](=O)[O-])cc1. The number of anilines is 1. The summed E-state index contributed by atoms with van der Waals surface area (Å²) in [5, 5.41) is 13.0. The summed E-state index contributed by atoms with van der Waals surface area (Å²) in [7, 11) is 1.43. The number of nitrogens with zero attached hydrogens (tertiary/aromatic N) is 2. The Morgan fingerprint density at radius 1 is 1.08 bits per heavy atom. The van der Waals surface area contributed by atoms with Crippen molar-refractivity contribution in [1.82, 2.24) is 5.32 Å². The number of benzene rings is 3. The maximum absolute atomic E-state index is 14.3. The van der Waals surface area contributed by atoms with E-state index < -0.39 is 22.6 Å². The van der Waals surface area contributed by atoms with E-state index in [1.165, 1.54) is 43.5 Å². The second-order valence-corrected chi connectivity index (χ2v) is 7.92. The van der Waals surface area contributed by atoms with Crippen LogP contribution in [0.2, 0.25) is 0 Å². The van der Waals surface area contributed by atoms with E-state index in [2.05, 4.69) is 5.32 Å². The van der Waals surface area contributed by atoms with Crippen LogP contribution in [0.15, 0.2) is 72.3 Å². The van der Waals surface area contributed by atoms with Gasteiger partial charge in [-0.25, -0.2) is 9.29 Å². The second-order valence-electron chi connectivity index (χ2n) is 7.53. The standard InChI is InChI=1S/C25H18FN3O6S/c1-34-22-13-16(8-11-21(22)35-14-15-6-9-17(10-7-15)29(32)33)12-18-23(30)27-25(36)28(24(18)31)20-5-3-2-4-19(20)26/h2-13H,14H2,1H3,(H,27,30,36)/b18-12+. The quantitative estimate of drug-likeness (QED) is 0.168. The summed E-state index contributed by atoms with van der Waals surface area (Å²) in [5.74, 6) is -1.44. The Morgan fingerprint density at radius 3 is 2.47 bits per heavy atom. The molecule has 0 radical (unpaired) electrons. The lowest BCUT2D eigenvalue weighted by atomic mass is 10.1. The van der Waals surface area contributed by atoms with Gasteiger partial charge in [-0.2, -0.15) is 0 Å². The maximum Gasteiger partial charge on any atom is 0.270 e. The molecule has 0 bridgehead atoms. The molecule has 0 saturated carbocycles. The first-order valence-corrected chi connectivity index (χ1v) is 10.9. The molecule has 0 spiro atoms. The molecule has 0 aliphatic carbocycles. The van der Waals surface area contributed by atoms with Crippen LogP contribution in [0.5, 0.6) is 11.5 Å². The highest BCUT2D eigenvalue weighted by Crippen LogP contribution is 2.31. The lowest BCUT2D eigenvalue weighted by molar-refractivity contribution is -0.384. The number of nitrogens with one attached hydrogen (secondary N) is 1. The Hall–Kier alpha value is -4.64. The van der Waals surface area contributed by atoms with E-state index >= 15 is 0 Å². The highest BCUT2D eigenvalue weighted by molar-refractivity contribution is 7.80. The monoisotopic (exact) mass is 507 g/mol. The van der Waals surface area contributed by atoms with E-state index in [4.69, 9.17) is 21.7 Å². The Bertz CT molecular complexity index is 1410. The van der Waals surface area contributed by atoms with Crippen molar-refractivity contribution in [1.29, 1.82) is 0 Å². The average Bonchev–Trinajstić information content (AvgIpc) is 2.86. The van der Waals surface area contributed by atoms with Crippen LogP contribution in [0.25, 0.3) is 6.08 Å². The van der Waals surface area contributed by atoms with Gasteiger partial charge in [-0.3, -0.25) is 25.0 Å². The van der Waals surface area contributed by atoms with Crippen molar-refractivity contribution < 1.29 is 28.4 Å². The van der Waals surface area contributed by atoms with Crippen molar-refractivity contribution in [2.45, 2.75) is 6.61 Å². The fourth-order valence-corrected chi connectivity index (χ4v) is 3.72. The van der Waals surface area contributed by atoms with E-state index in [0.717, 1.165) is 4.90 Å². The predicted octanol–water partition coefficient (Wildman–Crippen LogP) is 4.15. The number of nitro benzene ring substituents is 1. The van der Waals surface area contributed by atoms with Crippen molar-refractivity contribution >= 4 is 46.6 Å². The summed E-state index contributed by atoms with van der Waals surface area (Å²) in [6.45, 7) is 0.130. The number of non-ortho nitro benzene ring substituents is 1. The summed E-state index contributed by atoms with van der Waals surface area (Å²) < 4.78 is 25.5. The predicted molar refractivity (Wildman–Crippen MR) is 133 cm³/mol. The van der Waals surface area contributed by atoms with Gasteiger partial charge in [-0.05, 0) is 65.8 Å². The minimum atomic E-state index is -0.772. The van der Waals surface area contributed by atoms with Crippen molar-refractivity contribution in [3.63, 3.8) is 0 Å². The van der Waals surface area contributed by atoms with Gasteiger partial charge in [-0.1, -0.05) is 18.2 Å². The average molecular weight is 507 g/mol. The zero-order chi connectivity index (χ0) is 25.8. The number of thiocarbonyl (C=S) groups is 1. The number of carbonyl (C=O) groups excluding carboxylic acids is 2. The summed E-state index contributed by atoms with van der Waals surface area (Å²) in [4.78, 5) is 36.9. The smallest absolute Gasteiger partial charge is 0.270 e. The third-order valence-corrected chi connectivity index (χ3v) is 5.52. The molecule has 3 aromatic rings. The Morgan fingerprint density at radius 2 is 1.81 bits per heavy atom. The van der Waals surface area contributed by atoms with E-state index in [-0.39, 0.29) is 28.7 Å². The highest BCUT2D eigenvalue weighted by atomic mass is 32.1. The molecule has 182 valence electrons. The lowest BCUT2D eigenvalue weighted by Gasteiger charge is -2.29.